The summed E-state index contributed by atoms with van der Waals surface area (Å²) in [5, 5.41) is 3.06. The van der Waals surface area contributed by atoms with Gasteiger partial charge < -0.3 is 5.32 Å². The molecule has 0 aliphatic heterocycles. The quantitative estimate of drug-likeness (QED) is 0.924. The predicted molar refractivity (Wildman–Crippen MR) is 77.6 cm³/mol. The molecular formula is C15H14ClN3O. The zero-order valence-corrected chi connectivity index (χ0v) is 11.6. The van der Waals surface area contributed by atoms with Crippen LogP contribution in [0, 0.1) is 5.92 Å². The predicted octanol–water partition coefficient (Wildman–Crippen LogP) is 2.87. The monoisotopic (exact) mass is 287 g/mol. The summed E-state index contributed by atoms with van der Waals surface area (Å²) in [5.74, 6) is 0.364. The SMILES string of the molecule is O=C(Nc1cncc(Cl)n1)C1CCc2ccccc2C1. The molecule has 3 rings (SSSR count). The van der Waals surface area contributed by atoms with E-state index in [4.69, 9.17) is 11.6 Å². The van der Waals surface area contributed by atoms with Gasteiger partial charge >= 0.3 is 0 Å². The number of hydrogen-bond acceptors (Lipinski definition) is 3. The van der Waals surface area contributed by atoms with Crippen molar-refractivity contribution in [1.82, 2.24) is 9.97 Å². The van der Waals surface area contributed by atoms with Gasteiger partial charge in [0, 0.05) is 5.92 Å². The molecule has 2 aromatic rings. The highest BCUT2D eigenvalue weighted by Gasteiger charge is 2.24. The van der Waals surface area contributed by atoms with Crippen LogP contribution in [0.15, 0.2) is 36.7 Å². The molecule has 20 heavy (non-hydrogen) atoms. The Hall–Kier alpha value is -1.94. The summed E-state index contributed by atoms with van der Waals surface area (Å²) in [6.07, 6.45) is 5.51. The fraction of sp³-hybridized carbons (Fsp3) is 0.267. The molecule has 1 heterocycles. The van der Waals surface area contributed by atoms with E-state index in [1.165, 1.54) is 23.5 Å². The molecule has 5 heteroatoms. The van der Waals surface area contributed by atoms with Gasteiger partial charge in [0.05, 0.1) is 12.4 Å². The number of aryl methyl sites for hydroxylation is 1. The minimum absolute atomic E-state index is 0.0175. The number of carbonyl (C=O) groups is 1. The van der Waals surface area contributed by atoms with Crippen molar-refractivity contribution >= 4 is 23.3 Å². The molecule has 102 valence electrons. The molecule has 1 aliphatic rings. The van der Waals surface area contributed by atoms with Crippen LogP contribution >= 0.6 is 11.6 Å². The van der Waals surface area contributed by atoms with Crippen LogP contribution in [0.4, 0.5) is 5.82 Å². The minimum atomic E-state index is -0.0225. The first-order valence-electron chi connectivity index (χ1n) is 6.57. The molecule has 1 aliphatic carbocycles. The lowest BCUT2D eigenvalue weighted by Crippen LogP contribution is -2.28. The van der Waals surface area contributed by atoms with E-state index in [2.05, 4.69) is 27.4 Å². The molecule has 1 unspecified atom stereocenters. The van der Waals surface area contributed by atoms with Crippen molar-refractivity contribution in [3.8, 4) is 0 Å². The normalized spacial score (nSPS) is 17.4. The Bertz CT molecular complexity index is 645. The maximum Gasteiger partial charge on any atom is 0.229 e. The molecule has 1 atom stereocenters. The van der Waals surface area contributed by atoms with E-state index in [1.54, 1.807) is 0 Å². The van der Waals surface area contributed by atoms with Crippen LogP contribution < -0.4 is 5.32 Å². The maximum absolute atomic E-state index is 12.3. The van der Waals surface area contributed by atoms with Gasteiger partial charge in [-0.2, -0.15) is 0 Å². The summed E-state index contributed by atoms with van der Waals surface area (Å²) >= 11 is 5.76. The topological polar surface area (TPSA) is 54.9 Å². The number of amides is 1. The molecule has 1 amide bonds. The largest absolute Gasteiger partial charge is 0.309 e. The van der Waals surface area contributed by atoms with E-state index in [0.29, 0.717) is 5.82 Å². The Kier molecular flexibility index (Phi) is 3.65. The first-order chi connectivity index (χ1) is 9.72. The lowest BCUT2D eigenvalue weighted by molar-refractivity contribution is -0.120. The van der Waals surface area contributed by atoms with Gasteiger partial charge in [-0.05, 0) is 30.4 Å². The van der Waals surface area contributed by atoms with Crippen LogP contribution in [0.2, 0.25) is 5.15 Å². The Morgan fingerprint density at radius 3 is 2.85 bits per heavy atom. The molecule has 4 nitrogen and oxygen atoms in total. The molecule has 0 saturated carbocycles. The fourth-order valence-electron chi connectivity index (χ4n) is 2.55. The van der Waals surface area contributed by atoms with Gasteiger partial charge in [-0.25, -0.2) is 4.98 Å². The maximum atomic E-state index is 12.3. The molecular weight excluding hydrogens is 274 g/mol. The van der Waals surface area contributed by atoms with Crippen molar-refractivity contribution in [1.29, 1.82) is 0 Å². The van der Waals surface area contributed by atoms with Crippen LogP contribution in [-0.4, -0.2) is 15.9 Å². The number of anilines is 1. The van der Waals surface area contributed by atoms with Crippen molar-refractivity contribution in [2.75, 3.05) is 5.32 Å². The standard InChI is InChI=1S/C15H14ClN3O/c16-13-8-17-9-14(18-13)19-15(20)12-6-5-10-3-1-2-4-11(10)7-12/h1-4,8-9,12H,5-7H2,(H,18,19,20). The van der Waals surface area contributed by atoms with Crippen molar-refractivity contribution < 1.29 is 4.79 Å². The molecule has 1 aromatic heterocycles. The molecule has 0 bridgehead atoms. The lowest BCUT2D eigenvalue weighted by atomic mass is 9.83. The van der Waals surface area contributed by atoms with E-state index in [1.807, 2.05) is 12.1 Å². The van der Waals surface area contributed by atoms with Gasteiger partial charge in [0.1, 0.15) is 5.15 Å². The highest BCUT2D eigenvalue weighted by molar-refractivity contribution is 6.29. The van der Waals surface area contributed by atoms with Crippen molar-refractivity contribution in [3.63, 3.8) is 0 Å². The molecule has 1 N–H and O–H groups in total. The number of rotatable bonds is 2. The smallest absolute Gasteiger partial charge is 0.229 e. The zero-order chi connectivity index (χ0) is 13.9. The summed E-state index contributed by atoms with van der Waals surface area (Å²) in [4.78, 5) is 20.2. The van der Waals surface area contributed by atoms with E-state index in [0.717, 1.165) is 19.3 Å². The lowest BCUT2D eigenvalue weighted by Gasteiger charge is -2.23. The van der Waals surface area contributed by atoms with E-state index in [9.17, 15) is 4.79 Å². The highest BCUT2D eigenvalue weighted by Crippen LogP contribution is 2.26. The van der Waals surface area contributed by atoms with E-state index >= 15 is 0 Å². The Morgan fingerprint density at radius 1 is 1.25 bits per heavy atom. The minimum Gasteiger partial charge on any atom is -0.309 e. The van der Waals surface area contributed by atoms with Crippen molar-refractivity contribution in [3.05, 3.63) is 52.9 Å². The van der Waals surface area contributed by atoms with Gasteiger partial charge in [0.2, 0.25) is 5.91 Å². The van der Waals surface area contributed by atoms with Gasteiger partial charge in [0.25, 0.3) is 0 Å². The number of aromatic nitrogens is 2. The third-order valence-corrected chi connectivity index (χ3v) is 3.76. The van der Waals surface area contributed by atoms with Crippen LogP contribution in [0.1, 0.15) is 17.5 Å². The van der Waals surface area contributed by atoms with Crippen molar-refractivity contribution in [2.45, 2.75) is 19.3 Å². The number of nitrogens with one attached hydrogen (secondary N) is 1. The molecule has 0 radical (unpaired) electrons. The average molecular weight is 288 g/mol. The summed E-state index contributed by atoms with van der Waals surface area (Å²) in [6.45, 7) is 0. The van der Waals surface area contributed by atoms with Crippen LogP contribution in [0.25, 0.3) is 0 Å². The molecule has 0 saturated heterocycles. The number of carbonyl (C=O) groups excluding carboxylic acids is 1. The summed E-state index contributed by atoms with van der Waals surface area (Å²) in [6, 6.07) is 8.28. The number of hydrogen-bond donors (Lipinski definition) is 1. The zero-order valence-electron chi connectivity index (χ0n) is 10.8. The number of halogens is 1. The fourth-order valence-corrected chi connectivity index (χ4v) is 2.70. The number of fused-ring (bicyclic) bond motifs is 1. The summed E-state index contributed by atoms with van der Waals surface area (Å²) < 4.78 is 0. The van der Waals surface area contributed by atoms with Crippen molar-refractivity contribution in [2.24, 2.45) is 5.92 Å². The second-order valence-electron chi connectivity index (χ2n) is 4.92. The molecule has 0 fully saturated rings. The summed E-state index contributed by atoms with van der Waals surface area (Å²) in [5.41, 5.74) is 2.61. The van der Waals surface area contributed by atoms with Crippen LogP contribution in [0.3, 0.4) is 0 Å². The van der Waals surface area contributed by atoms with Gasteiger partial charge in [0.15, 0.2) is 5.82 Å². The Balaban J connectivity index is 1.70. The van der Waals surface area contributed by atoms with Gasteiger partial charge in [-0.3, -0.25) is 9.78 Å². The third-order valence-electron chi connectivity index (χ3n) is 3.57. The molecule has 0 spiro atoms. The van der Waals surface area contributed by atoms with Crippen LogP contribution in [-0.2, 0) is 17.6 Å². The summed E-state index contributed by atoms with van der Waals surface area (Å²) in [7, 11) is 0. The van der Waals surface area contributed by atoms with Crippen LogP contribution in [0.5, 0.6) is 0 Å². The average Bonchev–Trinajstić information content (AvgIpc) is 2.47. The Morgan fingerprint density at radius 2 is 2.05 bits per heavy atom. The van der Waals surface area contributed by atoms with E-state index in [-0.39, 0.29) is 17.0 Å². The first kappa shape index (κ1) is 13.1. The van der Waals surface area contributed by atoms with Gasteiger partial charge in [-0.1, -0.05) is 35.9 Å². The Labute approximate surface area is 122 Å². The number of nitrogens with zero attached hydrogens (tertiary/aromatic N) is 2. The number of benzene rings is 1. The van der Waals surface area contributed by atoms with E-state index < -0.39 is 0 Å². The molecule has 1 aromatic carbocycles. The second kappa shape index (κ2) is 5.59. The van der Waals surface area contributed by atoms with Gasteiger partial charge in [-0.15, -0.1) is 0 Å². The highest BCUT2D eigenvalue weighted by atomic mass is 35.5. The third kappa shape index (κ3) is 2.80. The first-order valence-corrected chi connectivity index (χ1v) is 6.95. The second-order valence-corrected chi connectivity index (χ2v) is 5.31.